The predicted octanol–water partition coefficient (Wildman–Crippen LogP) is 6.02. The highest BCUT2D eigenvalue weighted by Crippen LogP contribution is 2.42. The Hall–Kier alpha value is -2.79. The fourth-order valence-electron chi connectivity index (χ4n) is 3.42. The molecular weight excluding hydrogens is 388 g/mol. The molecule has 0 aliphatic rings. The van der Waals surface area contributed by atoms with Gasteiger partial charge in [-0.15, -0.1) is 0 Å². The number of amides is 1. The highest BCUT2D eigenvalue weighted by molar-refractivity contribution is 6.33. The van der Waals surface area contributed by atoms with Crippen molar-refractivity contribution in [3.05, 3.63) is 52.7 Å². The van der Waals surface area contributed by atoms with E-state index in [1.165, 1.54) is 0 Å². The van der Waals surface area contributed by atoms with Crippen molar-refractivity contribution in [1.29, 1.82) is 0 Å². The number of hydrogen-bond acceptors (Lipinski definition) is 4. The number of carbonyl (C=O) groups is 1. The lowest BCUT2D eigenvalue weighted by atomic mass is 9.96. The highest BCUT2D eigenvalue weighted by Gasteiger charge is 2.23. The first-order valence-electron chi connectivity index (χ1n) is 9.61. The number of fused-ring (bicyclic) bond motifs is 1. The third kappa shape index (κ3) is 4.01. The number of aryl methyl sites for hydroxylation is 2. The monoisotopic (exact) mass is 412 g/mol. The van der Waals surface area contributed by atoms with E-state index in [1.807, 2.05) is 52.0 Å². The third-order valence-electron chi connectivity index (χ3n) is 5.02. The van der Waals surface area contributed by atoms with Crippen molar-refractivity contribution < 1.29 is 14.3 Å². The molecule has 0 aliphatic carbocycles. The van der Waals surface area contributed by atoms with Gasteiger partial charge >= 0.3 is 6.09 Å². The third-order valence-corrected chi connectivity index (χ3v) is 5.31. The molecule has 0 saturated carbocycles. The average molecular weight is 413 g/mol. The molecule has 0 unspecified atom stereocenters. The quantitative estimate of drug-likeness (QED) is 0.514. The predicted molar refractivity (Wildman–Crippen MR) is 117 cm³/mol. The van der Waals surface area contributed by atoms with Crippen LogP contribution in [0, 0.1) is 13.8 Å². The first-order chi connectivity index (χ1) is 13.9. The van der Waals surface area contributed by atoms with E-state index in [9.17, 15) is 4.79 Å². The Labute approximate surface area is 176 Å². The summed E-state index contributed by atoms with van der Waals surface area (Å²) in [5.41, 5.74) is 4.24. The number of pyridine rings is 1. The number of benzene rings is 2. The Kier molecular flexibility index (Phi) is 6.28. The number of carbonyl (C=O) groups excluding carboxylic acids is 1. The van der Waals surface area contributed by atoms with E-state index in [2.05, 4.69) is 0 Å². The van der Waals surface area contributed by atoms with Crippen LogP contribution >= 0.6 is 11.6 Å². The number of ether oxygens (including phenoxy) is 2. The minimum Gasteiger partial charge on any atom is -0.495 e. The van der Waals surface area contributed by atoms with Crippen LogP contribution < -0.4 is 9.47 Å². The SMILES string of the molecule is CCN(CC)C(=O)Oc1c(-c2ccccc2C)c(C)nc2cc(OC)c(Cl)cc12. The fourth-order valence-corrected chi connectivity index (χ4v) is 3.66. The molecule has 0 fully saturated rings. The molecule has 3 rings (SSSR count). The van der Waals surface area contributed by atoms with E-state index in [1.54, 1.807) is 24.1 Å². The van der Waals surface area contributed by atoms with Gasteiger partial charge in [0.2, 0.25) is 0 Å². The van der Waals surface area contributed by atoms with Crippen LogP contribution in [-0.4, -0.2) is 36.2 Å². The maximum Gasteiger partial charge on any atom is 0.415 e. The smallest absolute Gasteiger partial charge is 0.415 e. The minimum absolute atomic E-state index is 0.399. The summed E-state index contributed by atoms with van der Waals surface area (Å²) >= 11 is 6.39. The molecular formula is C23H25ClN2O3. The topological polar surface area (TPSA) is 51.7 Å². The maximum atomic E-state index is 12.8. The van der Waals surface area contributed by atoms with Crippen LogP contribution in [0.15, 0.2) is 36.4 Å². The summed E-state index contributed by atoms with van der Waals surface area (Å²) in [7, 11) is 1.56. The van der Waals surface area contributed by atoms with Crippen LogP contribution in [0.2, 0.25) is 5.02 Å². The second kappa shape index (κ2) is 8.70. The largest absolute Gasteiger partial charge is 0.495 e. The summed E-state index contributed by atoms with van der Waals surface area (Å²) < 4.78 is 11.3. The van der Waals surface area contributed by atoms with Crippen LogP contribution in [0.25, 0.3) is 22.0 Å². The molecule has 0 saturated heterocycles. The Morgan fingerprint density at radius 1 is 1.14 bits per heavy atom. The summed E-state index contributed by atoms with van der Waals surface area (Å²) in [6, 6.07) is 11.5. The Bertz CT molecular complexity index is 1060. The van der Waals surface area contributed by atoms with Gasteiger partial charge in [0.25, 0.3) is 0 Å². The second-order valence-corrected chi connectivity index (χ2v) is 7.17. The van der Waals surface area contributed by atoms with Gasteiger partial charge in [0.15, 0.2) is 5.75 Å². The van der Waals surface area contributed by atoms with Crippen molar-refractivity contribution >= 4 is 28.6 Å². The van der Waals surface area contributed by atoms with E-state index in [-0.39, 0.29) is 0 Å². The van der Waals surface area contributed by atoms with Crippen LogP contribution in [0.1, 0.15) is 25.1 Å². The molecule has 1 amide bonds. The van der Waals surface area contributed by atoms with Gasteiger partial charge in [0.05, 0.1) is 17.6 Å². The lowest BCUT2D eigenvalue weighted by molar-refractivity contribution is 0.158. The van der Waals surface area contributed by atoms with Crippen molar-refractivity contribution in [2.45, 2.75) is 27.7 Å². The molecule has 29 heavy (non-hydrogen) atoms. The lowest BCUT2D eigenvalue weighted by Crippen LogP contribution is -2.33. The summed E-state index contributed by atoms with van der Waals surface area (Å²) in [5.74, 6) is 0.985. The summed E-state index contributed by atoms with van der Waals surface area (Å²) in [6.07, 6.45) is -0.399. The zero-order valence-electron chi connectivity index (χ0n) is 17.4. The molecule has 1 aromatic heterocycles. The zero-order valence-corrected chi connectivity index (χ0v) is 18.1. The van der Waals surface area contributed by atoms with E-state index < -0.39 is 6.09 Å². The Morgan fingerprint density at radius 3 is 2.45 bits per heavy atom. The van der Waals surface area contributed by atoms with Gasteiger partial charge in [0.1, 0.15) is 5.75 Å². The van der Waals surface area contributed by atoms with E-state index in [4.69, 9.17) is 26.1 Å². The molecule has 5 nitrogen and oxygen atoms in total. The molecule has 0 bridgehead atoms. The maximum absolute atomic E-state index is 12.8. The van der Waals surface area contributed by atoms with Crippen molar-refractivity contribution in [2.75, 3.05) is 20.2 Å². The molecule has 0 aliphatic heterocycles. The fraction of sp³-hybridized carbons (Fsp3) is 0.304. The molecule has 2 aromatic carbocycles. The molecule has 1 heterocycles. The lowest BCUT2D eigenvalue weighted by Gasteiger charge is -2.22. The van der Waals surface area contributed by atoms with Crippen LogP contribution in [0.3, 0.4) is 0 Å². The van der Waals surface area contributed by atoms with E-state index in [0.717, 1.165) is 22.4 Å². The normalized spacial score (nSPS) is 10.8. The van der Waals surface area contributed by atoms with E-state index in [0.29, 0.717) is 40.5 Å². The van der Waals surface area contributed by atoms with Gasteiger partial charge in [-0.2, -0.15) is 0 Å². The Morgan fingerprint density at radius 2 is 1.83 bits per heavy atom. The molecule has 152 valence electrons. The summed E-state index contributed by atoms with van der Waals surface area (Å²) in [5, 5.41) is 1.10. The van der Waals surface area contributed by atoms with Crippen LogP contribution in [-0.2, 0) is 0 Å². The number of nitrogens with zero attached hydrogens (tertiary/aromatic N) is 2. The van der Waals surface area contributed by atoms with Crippen molar-refractivity contribution in [2.24, 2.45) is 0 Å². The van der Waals surface area contributed by atoms with Gasteiger partial charge in [-0.25, -0.2) is 4.79 Å². The number of aromatic nitrogens is 1. The molecule has 3 aromatic rings. The standard InChI is InChI=1S/C23H25ClN2O3/c1-6-26(7-2)23(27)29-22-17-12-18(24)20(28-5)13-19(17)25-15(4)21(22)16-11-9-8-10-14(16)3/h8-13H,6-7H2,1-5H3. The van der Waals surface area contributed by atoms with Crippen LogP contribution in [0.5, 0.6) is 11.5 Å². The first-order valence-corrected chi connectivity index (χ1v) is 9.99. The minimum atomic E-state index is -0.399. The number of halogens is 1. The van der Waals surface area contributed by atoms with E-state index >= 15 is 0 Å². The molecule has 0 radical (unpaired) electrons. The number of rotatable bonds is 5. The number of hydrogen-bond donors (Lipinski definition) is 0. The highest BCUT2D eigenvalue weighted by atomic mass is 35.5. The molecule has 0 N–H and O–H groups in total. The Balaban J connectivity index is 2.32. The second-order valence-electron chi connectivity index (χ2n) is 6.76. The van der Waals surface area contributed by atoms with Crippen LogP contribution in [0.4, 0.5) is 4.79 Å². The molecule has 6 heteroatoms. The van der Waals surface area contributed by atoms with Gasteiger partial charge in [-0.1, -0.05) is 35.9 Å². The first kappa shape index (κ1) is 20.9. The van der Waals surface area contributed by atoms with Gasteiger partial charge < -0.3 is 14.4 Å². The average Bonchev–Trinajstić information content (AvgIpc) is 2.70. The van der Waals surface area contributed by atoms with Crippen molar-refractivity contribution in [1.82, 2.24) is 9.88 Å². The zero-order chi connectivity index (χ0) is 21.1. The van der Waals surface area contributed by atoms with Gasteiger partial charge in [-0.3, -0.25) is 4.98 Å². The molecule has 0 atom stereocenters. The van der Waals surface area contributed by atoms with Gasteiger partial charge in [-0.05, 0) is 44.9 Å². The summed E-state index contributed by atoms with van der Waals surface area (Å²) in [4.78, 5) is 19.2. The van der Waals surface area contributed by atoms with Crippen molar-refractivity contribution in [3.63, 3.8) is 0 Å². The summed E-state index contributed by atoms with van der Waals surface area (Å²) in [6.45, 7) is 8.90. The van der Waals surface area contributed by atoms with Crippen molar-refractivity contribution in [3.8, 4) is 22.6 Å². The molecule has 0 spiro atoms. The van der Waals surface area contributed by atoms with Gasteiger partial charge in [0, 0.05) is 35.8 Å². The number of methoxy groups -OCH3 is 1.